The van der Waals surface area contributed by atoms with Crippen LogP contribution >= 0.6 is 11.3 Å². The van der Waals surface area contributed by atoms with Crippen LogP contribution < -0.4 is 10.1 Å². The molecule has 126 valence electrons. The molecule has 6 nitrogen and oxygen atoms in total. The van der Waals surface area contributed by atoms with E-state index in [2.05, 4.69) is 20.5 Å². The van der Waals surface area contributed by atoms with Gasteiger partial charge in [-0.1, -0.05) is 29.5 Å². The largest absolute Gasteiger partial charge is 0.486 e. The van der Waals surface area contributed by atoms with Crippen molar-refractivity contribution in [2.45, 2.75) is 25.9 Å². The Kier molecular flexibility index (Phi) is 3.73. The quantitative estimate of drug-likeness (QED) is 0.780. The molecule has 1 amide bonds. The molecule has 2 aromatic heterocycles. The Labute approximate surface area is 148 Å². The Morgan fingerprint density at radius 2 is 2.08 bits per heavy atom. The van der Waals surface area contributed by atoms with Crippen LogP contribution in [-0.2, 0) is 6.42 Å². The van der Waals surface area contributed by atoms with Crippen molar-refractivity contribution >= 4 is 22.4 Å². The lowest BCUT2D eigenvalue weighted by atomic mass is 10.0. The summed E-state index contributed by atoms with van der Waals surface area (Å²) in [6, 6.07) is 11.2. The monoisotopic (exact) mass is 352 g/mol. The van der Waals surface area contributed by atoms with Gasteiger partial charge in [0.05, 0.1) is 5.56 Å². The minimum absolute atomic E-state index is 0.252. The average Bonchev–Trinajstić information content (AvgIpc) is 3.17. The van der Waals surface area contributed by atoms with Crippen LogP contribution in [0.3, 0.4) is 0 Å². The molecule has 0 saturated carbocycles. The summed E-state index contributed by atoms with van der Waals surface area (Å²) in [6.07, 6.45) is 2.48. The molecule has 3 heterocycles. The molecule has 0 aliphatic carbocycles. The zero-order chi connectivity index (χ0) is 17.4. The number of hydrogen-bond donors (Lipinski definition) is 1. The van der Waals surface area contributed by atoms with Crippen molar-refractivity contribution in [2.75, 3.05) is 5.32 Å². The van der Waals surface area contributed by atoms with Gasteiger partial charge in [-0.15, -0.1) is 10.2 Å². The van der Waals surface area contributed by atoms with E-state index < -0.39 is 0 Å². The van der Waals surface area contributed by atoms with E-state index in [9.17, 15) is 4.79 Å². The molecule has 0 bridgehead atoms. The van der Waals surface area contributed by atoms with Crippen LogP contribution in [0.1, 0.15) is 29.8 Å². The number of benzene rings is 1. The van der Waals surface area contributed by atoms with Gasteiger partial charge in [0.15, 0.2) is 5.01 Å². The van der Waals surface area contributed by atoms with Gasteiger partial charge >= 0.3 is 0 Å². The molecule has 0 saturated heterocycles. The number of nitrogens with zero attached hydrogens (tertiary/aromatic N) is 3. The van der Waals surface area contributed by atoms with Crippen molar-refractivity contribution in [3.8, 4) is 16.5 Å². The van der Waals surface area contributed by atoms with Gasteiger partial charge in [0, 0.05) is 12.6 Å². The summed E-state index contributed by atoms with van der Waals surface area (Å²) >= 11 is 1.28. The Bertz CT molecular complexity index is 937. The highest BCUT2D eigenvalue weighted by molar-refractivity contribution is 7.18. The molecule has 3 aromatic rings. The Morgan fingerprint density at radius 1 is 1.20 bits per heavy atom. The fourth-order valence-corrected chi connectivity index (χ4v) is 3.54. The van der Waals surface area contributed by atoms with Gasteiger partial charge in [-0.2, -0.15) is 0 Å². The first-order chi connectivity index (χ1) is 12.0. The number of ether oxygens (including phenoxy) is 1. The van der Waals surface area contributed by atoms with Crippen molar-refractivity contribution in [3.63, 3.8) is 0 Å². The molecule has 7 heteroatoms. The van der Waals surface area contributed by atoms with Crippen LogP contribution in [0.25, 0.3) is 10.7 Å². The molecule has 0 fully saturated rings. The molecule has 0 atom stereocenters. The topological polar surface area (TPSA) is 77.0 Å². The highest BCUT2D eigenvalue weighted by Gasteiger charge is 2.33. The lowest BCUT2D eigenvalue weighted by Crippen LogP contribution is -2.25. The third-order valence-electron chi connectivity index (χ3n) is 3.87. The van der Waals surface area contributed by atoms with Crippen LogP contribution in [0.2, 0.25) is 0 Å². The number of para-hydroxylation sites is 1. The third kappa shape index (κ3) is 3.10. The Morgan fingerprint density at radius 3 is 2.88 bits per heavy atom. The first-order valence-electron chi connectivity index (χ1n) is 7.89. The highest BCUT2D eigenvalue weighted by Crippen LogP contribution is 2.38. The van der Waals surface area contributed by atoms with E-state index in [4.69, 9.17) is 4.74 Å². The lowest BCUT2D eigenvalue weighted by molar-refractivity contribution is 0.101. The van der Waals surface area contributed by atoms with E-state index in [0.29, 0.717) is 21.5 Å². The third-order valence-corrected chi connectivity index (χ3v) is 4.73. The maximum atomic E-state index is 12.7. The number of fused-ring (bicyclic) bond motifs is 1. The molecular formula is C18H16N4O2S. The van der Waals surface area contributed by atoms with Crippen molar-refractivity contribution in [3.05, 3.63) is 53.7 Å². The molecule has 1 aliphatic rings. The summed E-state index contributed by atoms with van der Waals surface area (Å²) in [7, 11) is 0. The van der Waals surface area contributed by atoms with Gasteiger partial charge in [0.25, 0.3) is 5.91 Å². The summed E-state index contributed by atoms with van der Waals surface area (Å²) < 4.78 is 5.96. The average molecular weight is 352 g/mol. The van der Waals surface area contributed by atoms with Crippen molar-refractivity contribution in [2.24, 2.45) is 0 Å². The van der Waals surface area contributed by atoms with Gasteiger partial charge in [-0.05, 0) is 37.6 Å². The molecule has 0 radical (unpaired) electrons. The van der Waals surface area contributed by atoms with E-state index in [-0.39, 0.29) is 11.5 Å². The summed E-state index contributed by atoms with van der Waals surface area (Å²) in [6.45, 7) is 4.02. The highest BCUT2D eigenvalue weighted by atomic mass is 32.1. The van der Waals surface area contributed by atoms with E-state index in [1.54, 1.807) is 12.3 Å². The van der Waals surface area contributed by atoms with Crippen molar-refractivity contribution in [1.82, 2.24) is 15.2 Å². The van der Waals surface area contributed by atoms with E-state index in [0.717, 1.165) is 17.7 Å². The van der Waals surface area contributed by atoms with Gasteiger partial charge in [0.2, 0.25) is 5.13 Å². The number of carbonyl (C=O) groups excluding carboxylic acids is 1. The summed E-state index contributed by atoms with van der Waals surface area (Å²) in [4.78, 5) is 16.9. The smallest absolute Gasteiger partial charge is 0.261 e. The van der Waals surface area contributed by atoms with E-state index >= 15 is 0 Å². The van der Waals surface area contributed by atoms with Crippen LogP contribution in [0.15, 0.2) is 42.6 Å². The molecule has 0 spiro atoms. The van der Waals surface area contributed by atoms with Crippen molar-refractivity contribution < 1.29 is 9.53 Å². The second kappa shape index (κ2) is 5.93. The SMILES string of the molecule is CC1(C)Cc2cccc(C(=O)Nc3nnc(-c4ccccn4)s3)c2O1. The van der Waals surface area contributed by atoms with Crippen LogP contribution in [0, 0.1) is 0 Å². The predicted molar refractivity (Wildman–Crippen MR) is 95.9 cm³/mol. The Balaban J connectivity index is 1.57. The second-order valence-corrected chi connectivity index (χ2v) is 7.39. The van der Waals surface area contributed by atoms with Gasteiger partial charge in [0.1, 0.15) is 17.0 Å². The van der Waals surface area contributed by atoms with Crippen LogP contribution in [-0.4, -0.2) is 26.7 Å². The van der Waals surface area contributed by atoms with Gasteiger partial charge < -0.3 is 4.74 Å². The molecule has 0 unspecified atom stereocenters. The number of carbonyl (C=O) groups is 1. The molecule has 25 heavy (non-hydrogen) atoms. The standard InChI is InChI=1S/C18H16N4O2S/c1-18(2)10-11-6-5-7-12(14(11)24-18)15(23)20-17-22-21-16(25-17)13-8-3-4-9-19-13/h3-9H,10H2,1-2H3,(H,20,22,23). The number of amides is 1. The van der Waals surface area contributed by atoms with Gasteiger partial charge in [-0.25, -0.2) is 0 Å². The van der Waals surface area contributed by atoms with Crippen LogP contribution in [0.5, 0.6) is 5.75 Å². The minimum Gasteiger partial charge on any atom is -0.486 e. The molecule has 1 aromatic carbocycles. The fourth-order valence-electron chi connectivity index (χ4n) is 2.83. The van der Waals surface area contributed by atoms with E-state index in [1.165, 1.54) is 11.3 Å². The first kappa shape index (κ1) is 15.7. The first-order valence-corrected chi connectivity index (χ1v) is 8.71. The summed E-state index contributed by atoms with van der Waals surface area (Å²) in [5.41, 5.74) is 1.99. The van der Waals surface area contributed by atoms with Crippen molar-refractivity contribution in [1.29, 1.82) is 0 Å². The zero-order valence-electron chi connectivity index (χ0n) is 13.8. The number of rotatable bonds is 3. The number of pyridine rings is 1. The molecule has 1 aliphatic heterocycles. The fraction of sp³-hybridized carbons (Fsp3) is 0.222. The zero-order valence-corrected chi connectivity index (χ0v) is 14.6. The number of aromatic nitrogens is 3. The Hall–Kier alpha value is -2.80. The predicted octanol–water partition coefficient (Wildman–Crippen LogP) is 3.57. The number of nitrogens with one attached hydrogen (secondary N) is 1. The maximum absolute atomic E-state index is 12.7. The molecular weight excluding hydrogens is 336 g/mol. The second-order valence-electron chi connectivity index (χ2n) is 6.41. The number of hydrogen-bond acceptors (Lipinski definition) is 6. The summed E-state index contributed by atoms with van der Waals surface area (Å²) in [5.74, 6) is 0.401. The summed E-state index contributed by atoms with van der Waals surface area (Å²) in [5, 5.41) is 12.0. The van der Waals surface area contributed by atoms with E-state index in [1.807, 2.05) is 44.2 Å². The number of anilines is 1. The van der Waals surface area contributed by atoms with Crippen LogP contribution in [0.4, 0.5) is 5.13 Å². The normalized spacial score (nSPS) is 14.6. The maximum Gasteiger partial charge on any atom is 0.261 e. The molecule has 1 N–H and O–H groups in total. The van der Waals surface area contributed by atoms with Gasteiger partial charge in [-0.3, -0.25) is 15.1 Å². The lowest BCUT2D eigenvalue weighted by Gasteiger charge is -2.17. The molecule has 4 rings (SSSR count). The minimum atomic E-state index is -0.298.